The molecule has 3 rings (SSSR count). The summed E-state index contributed by atoms with van der Waals surface area (Å²) in [6.07, 6.45) is -11.0. The smallest absolute Gasteiger partial charge is 0.349 e. The van der Waals surface area contributed by atoms with Gasteiger partial charge >= 0.3 is 12.4 Å². The Morgan fingerprint density at radius 3 is 1.95 bits per heavy atom. The zero-order chi connectivity index (χ0) is 28.0. The lowest BCUT2D eigenvalue weighted by Crippen LogP contribution is -2.45. The molecule has 0 atom stereocenters. The van der Waals surface area contributed by atoms with Crippen molar-refractivity contribution in [1.82, 2.24) is 5.32 Å². The first kappa shape index (κ1) is 28.9. The molecular formula is C22H20F7NO5S2. The van der Waals surface area contributed by atoms with Crippen LogP contribution in [0.25, 0.3) is 0 Å². The van der Waals surface area contributed by atoms with Gasteiger partial charge in [0.15, 0.2) is 9.84 Å². The van der Waals surface area contributed by atoms with Crippen LogP contribution < -0.4 is 5.32 Å². The number of nitrogens with one attached hydrogen (secondary N) is 1. The fourth-order valence-corrected chi connectivity index (χ4v) is 6.61. The van der Waals surface area contributed by atoms with E-state index in [2.05, 4.69) is 5.32 Å². The SMILES string of the molecule is CS(=O)(=O)c1cc(C(F)(F)F)ccc1C(=O)N[C@H]1CC[C@@](F)(S(=O)(=O)c2cccc(C(F)(F)F)c2)CC1. The minimum atomic E-state index is -4.87. The fourth-order valence-electron chi connectivity index (χ4n) is 3.97. The summed E-state index contributed by atoms with van der Waals surface area (Å²) >= 11 is 0. The molecule has 2 aromatic carbocycles. The van der Waals surface area contributed by atoms with Crippen LogP contribution in [0.1, 0.15) is 47.2 Å². The van der Waals surface area contributed by atoms with Crippen LogP contribution in [0.4, 0.5) is 30.7 Å². The Morgan fingerprint density at radius 2 is 1.43 bits per heavy atom. The van der Waals surface area contributed by atoms with E-state index in [1.54, 1.807) is 0 Å². The summed E-state index contributed by atoms with van der Waals surface area (Å²) in [6, 6.07) is 3.32. The Balaban J connectivity index is 1.78. The average Bonchev–Trinajstić information content (AvgIpc) is 2.78. The molecule has 37 heavy (non-hydrogen) atoms. The summed E-state index contributed by atoms with van der Waals surface area (Å²) < 4.78 is 143. The van der Waals surface area contributed by atoms with E-state index in [-0.39, 0.29) is 12.8 Å². The molecule has 15 heteroatoms. The van der Waals surface area contributed by atoms with Crippen LogP contribution in [0.3, 0.4) is 0 Å². The highest BCUT2D eigenvalue weighted by Gasteiger charge is 2.48. The molecule has 0 bridgehead atoms. The molecule has 2 aromatic rings. The van der Waals surface area contributed by atoms with Crippen molar-refractivity contribution >= 4 is 25.6 Å². The number of alkyl halides is 7. The summed E-state index contributed by atoms with van der Waals surface area (Å²) in [5.74, 6) is -1.06. The summed E-state index contributed by atoms with van der Waals surface area (Å²) in [6.45, 7) is 0. The van der Waals surface area contributed by atoms with Gasteiger partial charge in [0.1, 0.15) is 0 Å². The number of carbonyl (C=O) groups excluding carboxylic acids is 1. The Hall–Kier alpha value is -2.68. The minimum Gasteiger partial charge on any atom is -0.349 e. The highest BCUT2D eigenvalue weighted by molar-refractivity contribution is 7.92. The van der Waals surface area contributed by atoms with Gasteiger partial charge in [0.2, 0.25) is 14.8 Å². The predicted molar refractivity (Wildman–Crippen MR) is 117 cm³/mol. The van der Waals surface area contributed by atoms with Gasteiger partial charge in [0, 0.05) is 12.3 Å². The Morgan fingerprint density at radius 1 is 0.892 bits per heavy atom. The van der Waals surface area contributed by atoms with Crippen LogP contribution in [0, 0.1) is 0 Å². The third kappa shape index (κ3) is 6.08. The number of halogens is 7. The molecule has 0 unspecified atom stereocenters. The van der Waals surface area contributed by atoms with Crippen LogP contribution in [0.5, 0.6) is 0 Å². The van der Waals surface area contributed by atoms with Crippen molar-refractivity contribution in [3.63, 3.8) is 0 Å². The van der Waals surface area contributed by atoms with Gasteiger partial charge in [-0.3, -0.25) is 4.79 Å². The van der Waals surface area contributed by atoms with Gasteiger partial charge in [-0.1, -0.05) is 6.07 Å². The molecule has 0 heterocycles. The van der Waals surface area contributed by atoms with Gasteiger partial charge in [-0.25, -0.2) is 21.2 Å². The molecule has 0 aromatic heterocycles. The van der Waals surface area contributed by atoms with Crippen LogP contribution in [-0.4, -0.2) is 40.0 Å². The molecule has 0 radical (unpaired) electrons. The van der Waals surface area contributed by atoms with E-state index in [0.29, 0.717) is 36.6 Å². The maximum absolute atomic E-state index is 15.5. The molecule has 1 amide bonds. The lowest BCUT2D eigenvalue weighted by Gasteiger charge is -2.34. The number of rotatable bonds is 5. The second-order valence-electron chi connectivity index (χ2n) is 8.64. The van der Waals surface area contributed by atoms with E-state index in [0.717, 1.165) is 12.1 Å². The second kappa shape index (κ2) is 9.57. The molecular weight excluding hydrogens is 555 g/mol. The maximum atomic E-state index is 15.5. The van der Waals surface area contributed by atoms with Crippen LogP contribution in [0.15, 0.2) is 52.3 Å². The number of carbonyl (C=O) groups is 1. The van der Waals surface area contributed by atoms with E-state index in [4.69, 9.17) is 0 Å². The van der Waals surface area contributed by atoms with Gasteiger partial charge < -0.3 is 5.32 Å². The predicted octanol–water partition coefficient (Wildman–Crippen LogP) is 4.94. The molecule has 1 aliphatic carbocycles. The highest BCUT2D eigenvalue weighted by atomic mass is 32.2. The summed E-state index contributed by atoms with van der Waals surface area (Å²) in [4.78, 5) is 11.0. The summed E-state index contributed by atoms with van der Waals surface area (Å²) in [5.41, 5.74) is -3.13. The molecule has 0 aliphatic heterocycles. The van der Waals surface area contributed by atoms with E-state index in [1.807, 2.05) is 0 Å². The lowest BCUT2D eigenvalue weighted by atomic mass is 9.93. The largest absolute Gasteiger partial charge is 0.416 e. The Labute approximate surface area is 207 Å². The monoisotopic (exact) mass is 575 g/mol. The normalized spacial score (nSPS) is 21.5. The number of hydrogen-bond acceptors (Lipinski definition) is 5. The summed E-state index contributed by atoms with van der Waals surface area (Å²) in [7, 11) is -9.12. The van der Waals surface area contributed by atoms with Crippen molar-refractivity contribution in [3.8, 4) is 0 Å². The zero-order valence-corrected chi connectivity index (χ0v) is 20.6. The van der Waals surface area contributed by atoms with Crippen molar-refractivity contribution in [1.29, 1.82) is 0 Å². The van der Waals surface area contributed by atoms with E-state index in [1.165, 1.54) is 0 Å². The van der Waals surface area contributed by atoms with Crippen molar-refractivity contribution in [2.75, 3.05) is 6.26 Å². The molecule has 1 aliphatic rings. The molecule has 0 saturated heterocycles. The lowest BCUT2D eigenvalue weighted by molar-refractivity contribution is -0.138. The number of amides is 1. The summed E-state index contributed by atoms with van der Waals surface area (Å²) in [5, 5.41) is -0.557. The van der Waals surface area contributed by atoms with Gasteiger partial charge in [0.25, 0.3) is 5.91 Å². The quantitative estimate of drug-likeness (QED) is 0.510. The Kier molecular flexibility index (Phi) is 7.47. The first-order valence-electron chi connectivity index (χ1n) is 10.6. The standard InChI is InChI=1S/C22H20F7NO5S2/c1-36(32,33)18-12-14(22(27,28)29)5-6-17(18)19(31)30-15-7-9-20(23,10-8-15)37(34,35)16-4-2-3-13(11-16)21(24,25)26/h2-6,11-12,15H,7-10H2,1H3,(H,30,31)/t15-,20+. The van der Waals surface area contributed by atoms with Crippen molar-refractivity contribution in [2.45, 2.75) is 58.9 Å². The minimum absolute atomic E-state index is 0.282. The third-order valence-corrected chi connectivity index (χ3v) is 9.36. The van der Waals surface area contributed by atoms with Crippen LogP contribution >= 0.6 is 0 Å². The van der Waals surface area contributed by atoms with Crippen molar-refractivity contribution in [3.05, 3.63) is 59.2 Å². The van der Waals surface area contributed by atoms with Crippen LogP contribution in [0.2, 0.25) is 0 Å². The first-order chi connectivity index (χ1) is 16.8. The zero-order valence-electron chi connectivity index (χ0n) is 19.0. The molecule has 6 nitrogen and oxygen atoms in total. The molecule has 0 spiro atoms. The number of sulfone groups is 2. The molecule has 1 N–H and O–H groups in total. The number of hydrogen-bond donors (Lipinski definition) is 1. The maximum Gasteiger partial charge on any atom is 0.416 e. The molecule has 1 fully saturated rings. The first-order valence-corrected chi connectivity index (χ1v) is 14.0. The van der Waals surface area contributed by atoms with Gasteiger partial charge in [-0.2, -0.15) is 26.3 Å². The van der Waals surface area contributed by atoms with Crippen LogP contribution in [-0.2, 0) is 32.0 Å². The highest BCUT2D eigenvalue weighted by Crippen LogP contribution is 2.41. The topological polar surface area (TPSA) is 97.4 Å². The third-order valence-electron chi connectivity index (χ3n) is 5.97. The Bertz CT molecular complexity index is 1410. The van der Waals surface area contributed by atoms with E-state index in [9.17, 15) is 48.0 Å². The molecule has 1 saturated carbocycles. The van der Waals surface area contributed by atoms with E-state index < -0.39 is 88.3 Å². The molecule has 204 valence electrons. The van der Waals surface area contributed by atoms with Crippen molar-refractivity contribution < 1.29 is 52.4 Å². The van der Waals surface area contributed by atoms with Gasteiger partial charge in [-0.05, 0) is 62.1 Å². The van der Waals surface area contributed by atoms with Gasteiger partial charge in [-0.15, -0.1) is 0 Å². The fraction of sp³-hybridized carbons (Fsp3) is 0.409. The van der Waals surface area contributed by atoms with E-state index >= 15 is 4.39 Å². The van der Waals surface area contributed by atoms with Crippen molar-refractivity contribution in [2.24, 2.45) is 0 Å². The average molecular weight is 576 g/mol. The number of benzene rings is 2. The second-order valence-corrected chi connectivity index (χ2v) is 12.8. The van der Waals surface area contributed by atoms with Gasteiger partial charge in [0.05, 0.1) is 26.5 Å².